The lowest BCUT2D eigenvalue weighted by Gasteiger charge is -1.90. The van der Waals surface area contributed by atoms with Crippen LogP contribution < -0.4 is 0 Å². The molecule has 0 fully saturated rings. The molecule has 2 rings (SSSR count). The van der Waals surface area contributed by atoms with Crippen LogP contribution in [0.5, 0.6) is 0 Å². The van der Waals surface area contributed by atoms with Crippen LogP contribution in [-0.4, -0.2) is 0 Å². The van der Waals surface area contributed by atoms with Crippen molar-refractivity contribution in [3.8, 4) is 0 Å². The van der Waals surface area contributed by atoms with Crippen LogP contribution in [0.2, 0.25) is 0 Å². The molecule has 0 radical (unpaired) electrons. The Labute approximate surface area is 71.3 Å². The quantitative estimate of drug-likeness (QED) is 0.620. The molecule has 0 aliphatic carbocycles. The summed E-state index contributed by atoms with van der Waals surface area (Å²) in [6.07, 6.45) is 1.84. The summed E-state index contributed by atoms with van der Waals surface area (Å²) >= 11 is 0. The molecule has 0 saturated carbocycles. The molecule has 0 aliphatic heterocycles. The summed E-state index contributed by atoms with van der Waals surface area (Å²) < 4.78 is 5.43. The number of benzene rings is 1. The molecular weight excluding hydrogens is 148 g/mol. The molecule has 1 nitrogen and oxygen atoms in total. The maximum absolute atomic E-state index is 5.43. The van der Waals surface area contributed by atoms with E-state index in [0.717, 1.165) is 22.3 Å². The zero-order chi connectivity index (χ0) is 8.55. The topological polar surface area (TPSA) is 13.1 Å². The molecule has 2 aromatic rings. The van der Waals surface area contributed by atoms with Gasteiger partial charge in [0.15, 0.2) is 0 Å². The fourth-order valence-electron chi connectivity index (χ4n) is 1.32. The van der Waals surface area contributed by atoms with Gasteiger partial charge in [-0.05, 0) is 30.7 Å². The summed E-state index contributed by atoms with van der Waals surface area (Å²) in [5, 5.41) is 1.14. The van der Waals surface area contributed by atoms with E-state index in [2.05, 4.69) is 12.6 Å². The van der Waals surface area contributed by atoms with Crippen molar-refractivity contribution >= 4 is 17.0 Å². The Morgan fingerprint density at radius 2 is 2.17 bits per heavy atom. The highest BCUT2D eigenvalue weighted by Crippen LogP contribution is 2.20. The number of rotatable bonds is 1. The third-order valence-corrected chi connectivity index (χ3v) is 1.90. The van der Waals surface area contributed by atoms with Crippen molar-refractivity contribution in [3.63, 3.8) is 0 Å². The van der Waals surface area contributed by atoms with Gasteiger partial charge >= 0.3 is 0 Å². The smallest absolute Gasteiger partial charge is 0.134 e. The molecular formula is C11H10O. The Morgan fingerprint density at radius 3 is 2.92 bits per heavy atom. The molecule has 0 N–H and O–H groups in total. The van der Waals surface area contributed by atoms with Crippen molar-refractivity contribution in [2.24, 2.45) is 0 Å². The molecule has 0 amide bonds. The number of furan rings is 1. The van der Waals surface area contributed by atoms with Crippen molar-refractivity contribution < 1.29 is 4.42 Å². The highest BCUT2D eigenvalue weighted by Gasteiger charge is 1.98. The zero-order valence-corrected chi connectivity index (χ0v) is 7.00. The lowest BCUT2D eigenvalue weighted by Crippen LogP contribution is -1.68. The van der Waals surface area contributed by atoms with E-state index in [4.69, 9.17) is 4.42 Å². The molecule has 0 bridgehead atoms. The predicted molar refractivity (Wildman–Crippen MR) is 51.0 cm³/mol. The van der Waals surface area contributed by atoms with Gasteiger partial charge in [-0.15, -0.1) is 0 Å². The summed E-state index contributed by atoms with van der Waals surface area (Å²) in [7, 11) is 0. The van der Waals surface area contributed by atoms with Crippen LogP contribution in [0.4, 0.5) is 0 Å². The number of hydrogen-bond donors (Lipinski definition) is 0. The van der Waals surface area contributed by atoms with E-state index in [1.54, 1.807) is 0 Å². The molecule has 12 heavy (non-hydrogen) atoms. The Balaban J connectivity index is 2.74. The zero-order valence-electron chi connectivity index (χ0n) is 7.00. The van der Waals surface area contributed by atoms with Gasteiger partial charge in [0.1, 0.15) is 11.3 Å². The Morgan fingerprint density at radius 1 is 1.33 bits per heavy atom. The van der Waals surface area contributed by atoms with Crippen LogP contribution in [0.3, 0.4) is 0 Å². The molecule has 1 heteroatoms. The second-order valence-electron chi connectivity index (χ2n) is 2.86. The van der Waals surface area contributed by atoms with Crippen molar-refractivity contribution in [2.45, 2.75) is 6.92 Å². The van der Waals surface area contributed by atoms with Gasteiger partial charge in [0.2, 0.25) is 0 Å². The van der Waals surface area contributed by atoms with Crippen molar-refractivity contribution in [3.05, 3.63) is 42.2 Å². The van der Waals surface area contributed by atoms with E-state index in [1.807, 2.05) is 31.2 Å². The molecule has 1 heterocycles. The fourth-order valence-corrected chi connectivity index (χ4v) is 1.32. The minimum Gasteiger partial charge on any atom is -0.461 e. The molecule has 0 unspecified atom stereocenters. The van der Waals surface area contributed by atoms with Crippen LogP contribution in [0.1, 0.15) is 11.3 Å². The van der Waals surface area contributed by atoms with Gasteiger partial charge in [-0.3, -0.25) is 0 Å². The normalized spacial score (nSPS) is 10.4. The van der Waals surface area contributed by atoms with E-state index in [-0.39, 0.29) is 0 Å². The number of aryl methyl sites for hydroxylation is 1. The Hall–Kier alpha value is -1.50. The maximum atomic E-state index is 5.43. The predicted octanol–water partition coefficient (Wildman–Crippen LogP) is 3.38. The standard InChI is InChI=1S/C11H10O/c1-3-9-4-5-11-10(7-9)6-8(2)12-11/h3-7H,1H2,2H3. The van der Waals surface area contributed by atoms with E-state index in [0.29, 0.717) is 0 Å². The summed E-state index contributed by atoms with van der Waals surface area (Å²) in [5.41, 5.74) is 2.07. The first-order valence-corrected chi connectivity index (χ1v) is 3.92. The lowest BCUT2D eigenvalue weighted by molar-refractivity contribution is 0.578. The van der Waals surface area contributed by atoms with Crippen LogP contribution in [-0.2, 0) is 0 Å². The van der Waals surface area contributed by atoms with Gasteiger partial charge in [-0.1, -0.05) is 18.7 Å². The van der Waals surface area contributed by atoms with Gasteiger partial charge in [-0.25, -0.2) is 0 Å². The minimum absolute atomic E-state index is 0.943. The van der Waals surface area contributed by atoms with Gasteiger partial charge < -0.3 is 4.42 Å². The van der Waals surface area contributed by atoms with Gasteiger partial charge in [0.25, 0.3) is 0 Å². The molecule has 1 aromatic carbocycles. The van der Waals surface area contributed by atoms with E-state index in [9.17, 15) is 0 Å². The summed E-state index contributed by atoms with van der Waals surface area (Å²) in [4.78, 5) is 0. The monoisotopic (exact) mass is 158 g/mol. The van der Waals surface area contributed by atoms with Crippen molar-refractivity contribution in [2.75, 3.05) is 0 Å². The minimum atomic E-state index is 0.943. The highest BCUT2D eigenvalue weighted by molar-refractivity contribution is 5.80. The lowest BCUT2D eigenvalue weighted by atomic mass is 10.1. The summed E-state index contributed by atoms with van der Waals surface area (Å²) in [5.74, 6) is 0.950. The van der Waals surface area contributed by atoms with E-state index < -0.39 is 0 Å². The third kappa shape index (κ3) is 1.03. The Bertz CT molecular complexity index is 423. The SMILES string of the molecule is C=Cc1ccc2oc(C)cc2c1. The first-order valence-electron chi connectivity index (χ1n) is 3.92. The highest BCUT2D eigenvalue weighted by atomic mass is 16.3. The molecule has 1 aromatic heterocycles. The first-order chi connectivity index (χ1) is 5.79. The summed E-state index contributed by atoms with van der Waals surface area (Å²) in [6.45, 7) is 5.67. The van der Waals surface area contributed by atoms with Crippen molar-refractivity contribution in [1.29, 1.82) is 0 Å². The second-order valence-corrected chi connectivity index (χ2v) is 2.86. The maximum Gasteiger partial charge on any atom is 0.134 e. The fraction of sp³-hybridized carbons (Fsp3) is 0.0909. The second kappa shape index (κ2) is 2.52. The molecule has 0 saturated heterocycles. The van der Waals surface area contributed by atoms with Gasteiger partial charge in [-0.2, -0.15) is 0 Å². The van der Waals surface area contributed by atoms with E-state index in [1.165, 1.54) is 0 Å². The number of fused-ring (bicyclic) bond motifs is 1. The largest absolute Gasteiger partial charge is 0.461 e. The first kappa shape index (κ1) is 7.17. The van der Waals surface area contributed by atoms with Gasteiger partial charge in [0, 0.05) is 5.39 Å². The van der Waals surface area contributed by atoms with E-state index >= 15 is 0 Å². The van der Waals surface area contributed by atoms with Crippen molar-refractivity contribution in [1.82, 2.24) is 0 Å². The average Bonchev–Trinajstić information content (AvgIpc) is 2.43. The third-order valence-electron chi connectivity index (χ3n) is 1.90. The van der Waals surface area contributed by atoms with Gasteiger partial charge in [0.05, 0.1) is 0 Å². The molecule has 60 valence electrons. The van der Waals surface area contributed by atoms with Crippen LogP contribution in [0.25, 0.3) is 17.0 Å². The molecule has 0 aliphatic rings. The van der Waals surface area contributed by atoms with Crippen LogP contribution in [0, 0.1) is 6.92 Å². The summed E-state index contributed by atoms with van der Waals surface area (Å²) in [6, 6.07) is 8.07. The van der Waals surface area contributed by atoms with Crippen LogP contribution >= 0.6 is 0 Å². The Kier molecular flexibility index (Phi) is 1.51. The molecule has 0 spiro atoms. The molecule has 0 atom stereocenters. The number of hydrogen-bond acceptors (Lipinski definition) is 1. The average molecular weight is 158 g/mol. The van der Waals surface area contributed by atoms with Crippen LogP contribution in [0.15, 0.2) is 35.3 Å².